The topological polar surface area (TPSA) is 114 Å². The molecule has 0 aliphatic carbocycles. The highest BCUT2D eigenvalue weighted by atomic mass is 19.4. The summed E-state index contributed by atoms with van der Waals surface area (Å²) in [5.41, 5.74) is 5.15. The zero-order chi connectivity index (χ0) is 15.2. The van der Waals surface area contributed by atoms with E-state index in [1.807, 2.05) is 0 Å². The zero-order valence-electron chi connectivity index (χ0n) is 9.68. The second-order valence-corrected chi connectivity index (χ2v) is 3.37. The fourth-order valence-corrected chi connectivity index (χ4v) is 0.842. The number of halogens is 3. The number of nitrogens with two attached hydrogens (primary N) is 1. The predicted molar refractivity (Wildman–Crippen MR) is 57.1 cm³/mol. The molecule has 9 heteroatoms. The molecule has 0 saturated heterocycles. The molecule has 0 fully saturated rings. The summed E-state index contributed by atoms with van der Waals surface area (Å²) < 4.78 is 36.1. The Kier molecular flexibility index (Phi) is 5.93. The van der Waals surface area contributed by atoms with Crippen molar-refractivity contribution in [3.63, 3.8) is 0 Å². The number of carboxylic acids is 2. The lowest BCUT2D eigenvalue weighted by molar-refractivity contribution is -0.159. The van der Waals surface area contributed by atoms with Gasteiger partial charge in [0, 0.05) is 12.2 Å². The minimum Gasteiger partial charge on any atom is -0.473 e. The quantitative estimate of drug-likeness (QED) is 0.668. The van der Waals surface area contributed by atoms with E-state index >= 15 is 0 Å². The summed E-state index contributed by atoms with van der Waals surface area (Å²) in [5, 5.41) is 14.8. The van der Waals surface area contributed by atoms with Crippen molar-refractivity contribution in [2.45, 2.75) is 19.1 Å². The highest BCUT2D eigenvalue weighted by Gasteiger charge is 2.32. The zero-order valence-corrected chi connectivity index (χ0v) is 9.68. The molecule has 0 unspecified atom stereocenters. The second-order valence-electron chi connectivity index (χ2n) is 3.37. The summed E-state index contributed by atoms with van der Waals surface area (Å²) in [7, 11) is 0. The summed E-state index contributed by atoms with van der Waals surface area (Å²) in [6, 6.07) is 1.97. The van der Waals surface area contributed by atoms with Crippen LogP contribution in [0.3, 0.4) is 0 Å². The first kappa shape index (κ1) is 16.8. The Balaban J connectivity index is 0.000000459. The smallest absolute Gasteiger partial charge is 0.433 e. The van der Waals surface area contributed by atoms with Crippen LogP contribution in [0.5, 0.6) is 0 Å². The molecule has 1 aromatic rings. The van der Waals surface area contributed by atoms with Crippen LogP contribution in [0.4, 0.5) is 13.2 Å². The van der Waals surface area contributed by atoms with Gasteiger partial charge in [-0.15, -0.1) is 0 Å². The van der Waals surface area contributed by atoms with Crippen molar-refractivity contribution in [1.82, 2.24) is 4.98 Å². The van der Waals surface area contributed by atoms with E-state index in [2.05, 4.69) is 4.98 Å². The van der Waals surface area contributed by atoms with Gasteiger partial charge in [-0.2, -0.15) is 13.2 Å². The maximum Gasteiger partial charge on any atom is 0.433 e. The molecular formula is C10H11F3N2O4. The SMILES string of the molecule is C[C@H](N)c1ccc(C(F)(F)F)nc1.O=C(O)C(=O)O. The molecule has 0 spiro atoms. The molecule has 0 aromatic carbocycles. The number of aliphatic carboxylic acids is 2. The molecule has 0 saturated carbocycles. The molecule has 6 nitrogen and oxygen atoms in total. The van der Waals surface area contributed by atoms with E-state index in [0.29, 0.717) is 5.56 Å². The van der Waals surface area contributed by atoms with Crippen molar-refractivity contribution in [3.8, 4) is 0 Å². The summed E-state index contributed by atoms with van der Waals surface area (Å²) in [6.07, 6.45) is -3.23. The van der Waals surface area contributed by atoms with Crippen LogP contribution in [0.25, 0.3) is 0 Å². The van der Waals surface area contributed by atoms with E-state index < -0.39 is 23.8 Å². The van der Waals surface area contributed by atoms with Gasteiger partial charge in [-0.3, -0.25) is 4.98 Å². The maximum atomic E-state index is 12.0. The third kappa shape index (κ3) is 6.36. The Morgan fingerprint density at radius 2 is 1.74 bits per heavy atom. The lowest BCUT2D eigenvalue weighted by Crippen LogP contribution is -2.10. The molecule has 1 heterocycles. The van der Waals surface area contributed by atoms with Gasteiger partial charge in [0.05, 0.1) is 0 Å². The van der Waals surface area contributed by atoms with Crippen molar-refractivity contribution in [3.05, 3.63) is 29.6 Å². The third-order valence-corrected chi connectivity index (χ3v) is 1.79. The number of hydrogen-bond acceptors (Lipinski definition) is 4. The highest BCUT2D eigenvalue weighted by molar-refractivity contribution is 6.27. The van der Waals surface area contributed by atoms with Gasteiger partial charge in [-0.25, -0.2) is 9.59 Å². The number of nitrogens with zero attached hydrogens (tertiary/aromatic N) is 1. The Morgan fingerprint density at radius 3 is 1.95 bits per heavy atom. The van der Waals surface area contributed by atoms with Crippen molar-refractivity contribution in [1.29, 1.82) is 0 Å². The summed E-state index contributed by atoms with van der Waals surface area (Å²) in [4.78, 5) is 21.5. The van der Waals surface area contributed by atoms with Gasteiger partial charge >= 0.3 is 18.1 Å². The predicted octanol–water partition coefficient (Wildman–Crippen LogP) is 1.28. The van der Waals surface area contributed by atoms with Crippen LogP contribution in [-0.2, 0) is 15.8 Å². The third-order valence-electron chi connectivity index (χ3n) is 1.79. The maximum absolute atomic E-state index is 12.0. The summed E-state index contributed by atoms with van der Waals surface area (Å²) in [6.45, 7) is 1.68. The molecule has 0 radical (unpaired) electrons. The average molecular weight is 280 g/mol. The largest absolute Gasteiger partial charge is 0.473 e. The van der Waals surface area contributed by atoms with Crippen LogP contribution in [-0.4, -0.2) is 27.1 Å². The first-order valence-electron chi connectivity index (χ1n) is 4.80. The Labute approximate surface area is 105 Å². The lowest BCUT2D eigenvalue weighted by Gasteiger charge is -2.08. The molecule has 0 aliphatic heterocycles. The normalized spacial score (nSPS) is 12.1. The van der Waals surface area contributed by atoms with Crippen molar-refractivity contribution in [2.75, 3.05) is 0 Å². The first-order valence-corrected chi connectivity index (χ1v) is 4.80. The Hall–Kier alpha value is -2.16. The van der Waals surface area contributed by atoms with Gasteiger partial charge in [0.25, 0.3) is 0 Å². The van der Waals surface area contributed by atoms with Gasteiger partial charge in [-0.05, 0) is 18.6 Å². The molecule has 0 amide bonds. The van der Waals surface area contributed by atoms with Crippen molar-refractivity contribution in [2.24, 2.45) is 5.73 Å². The van der Waals surface area contributed by atoms with E-state index in [0.717, 1.165) is 12.3 Å². The number of carboxylic acid groups (broad SMARTS) is 2. The van der Waals surface area contributed by atoms with E-state index in [1.54, 1.807) is 6.92 Å². The van der Waals surface area contributed by atoms with Gasteiger partial charge in [0.2, 0.25) is 0 Å². The molecule has 19 heavy (non-hydrogen) atoms. The Bertz CT molecular complexity index is 431. The fraction of sp³-hybridized carbons (Fsp3) is 0.300. The number of hydrogen-bond donors (Lipinski definition) is 3. The van der Waals surface area contributed by atoms with E-state index in [9.17, 15) is 13.2 Å². The van der Waals surface area contributed by atoms with Crippen molar-refractivity contribution >= 4 is 11.9 Å². The lowest BCUT2D eigenvalue weighted by atomic mass is 10.1. The molecule has 0 aliphatic rings. The van der Waals surface area contributed by atoms with E-state index in [4.69, 9.17) is 25.5 Å². The van der Waals surface area contributed by atoms with Crippen LogP contribution in [0.15, 0.2) is 18.3 Å². The van der Waals surface area contributed by atoms with Crippen molar-refractivity contribution < 1.29 is 33.0 Å². The fourth-order valence-electron chi connectivity index (χ4n) is 0.842. The first-order chi connectivity index (χ1) is 8.55. The van der Waals surface area contributed by atoms with Crippen LogP contribution in [0.2, 0.25) is 0 Å². The van der Waals surface area contributed by atoms with E-state index in [1.165, 1.54) is 6.07 Å². The molecule has 1 atom stereocenters. The summed E-state index contributed by atoms with van der Waals surface area (Å²) >= 11 is 0. The van der Waals surface area contributed by atoms with Crippen LogP contribution < -0.4 is 5.73 Å². The van der Waals surface area contributed by atoms with Crippen LogP contribution in [0, 0.1) is 0 Å². The van der Waals surface area contributed by atoms with Gasteiger partial charge in [0.15, 0.2) is 0 Å². The molecule has 0 bridgehead atoms. The number of rotatable bonds is 1. The van der Waals surface area contributed by atoms with Gasteiger partial charge in [0.1, 0.15) is 5.69 Å². The second kappa shape index (κ2) is 6.69. The number of carbonyl (C=O) groups is 2. The molecule has 1 aromatic heterocycles. The minimum absolute atomic E-state index is 0.296. The van der Waals surface area contributed by atoms with Crippen LogP contribution >= 0.6 is 0 Å². The molecule has 106 valence electrons. The van der Waals surface area contributed by atoms with Gasteiger partial charge in [-0.1, -0.05) is 6.07 Å². The number of alkyl halides is 3. The summed E-state index contributed by atoms with van der Waals surface area (Å²) in [5.74, 6) is -3.65. The average Bonchev–Trinajstić information content (AvgIpc) is 2.28. The molecular weight excluding hydrogens is 269 g/mol. The minimum atomic E-state index is -4.38. The number of aromatic nitrogens is 1. The molecule has 1 rings (SSSR count). The highest BCUT2D eigenvalue weighted by Crippen LogP contribution is 2.27. The van der Waals surface area contributed by atoms with E-state index in [-0.39, 0.29) is 6.04 Å². The molecule has 4 N–H and O–H groups in total. The Morgan fingerprint density at radius 1 is 1.26 bits per heavy atom. The van der Waals surface area contributed by atoms with Crippen LogP contribution in [0.1, 0.15) is 24.2 Å². The monoisotopic (exact) mass is 280 g/mol. The van der Waals surface area contributed by atoms with Gasteiger partial charge < -0.3 is 15.9 Å². The number of pyridine rings is 1. The standard InChI is InChI=1S/C8H9F3N2.C2H2O4/c1-5(12)6-2-3-7(13-4-6)8(9,10)11;3-1(4)2(5)6/h2-5H,12H2,1H3;(H,3,4)(H,5,6)/t5-;/m0./s1.